The van der Waals surface area contributed by atoms with Crippen LogP contribution in [0.3, 0.4) is 0 Å². The molecule has 2 aliphatic heterocycles. The lowest BCUT2D eigenvalue weighted by Crippen LogP contribution is -2.33. The highest BCUT2D eigenvalue weighted by Gasteiger charge is 2.34. The number of amides is 1. The monoisotopic (exact) mass is 375 g/mol. The van der Waals surface area contributed by atoms with Crippen LogP contribution in [0.15, 0.2) is 30.5 Å². The topological polar surface area (TPSA) is 65.1 Å². The Morgan fingerprint density at radius 1 is 1.25 bits per heavy atom. The number of para-hydroxylation sites is 1. The van der Waals surface area contributed by atoms with Gasteiger partial charge in [0.2, 0.25) is 0 Å². The van der Waals surface area contributed by atoms with Gasteiger partial charge in [-0.25, -0.2) is 9.97 Å². The molecule has 0 radical (unpaired) electrons. The average molecular weight is 375 g/mol. The standard InChI is InChI=1S/C22H25N5O/c1-14-16-6-3-4-7-18(16)24-20(14)22(28)27-10-5-8-19(27)21-23-12-15-13-26(2)11-9-17(15)25-21/h3-4,6-7,12,19,24H,5,8-11,13H2,1-2H3/t19-/m0/s1. The molecule has 0 unspecified atom stereocenters. The number of fused-ring (bicyclic) bond motifs is 2. The number of H-pyrrole nitrogens is 1. The van der Waals surface area contributed by atoms with Crippen molar-refractivity contribution >= 4 is 16.8 Å². The van der Waals surface area contributed by atoms with Gasteiger partial charge in [0.1, 0.15) is 5.69 Å². The van der Waals surface area contributed by atoms with Gasteiger partial charge in [-0.3, -0.25) is 4.79 Å². The number of aryl methyl sites for hydroxylation is 1. The summed E-state index contributed by atoms with van der Waals surface area (Å²) in [5.41, 5.74) is 5.06. The van der Waals surface area contributed by atoms with Crippen LogP contribution in [-0.4, -0.2) is 50.8 Å². The molecule has 1 saturated heterocycles. The van der Waals surface area contributed by atoms with E-state index in [1.165, 1.54) is 5.56 Å². The number of rotatable bonds is 2. The number of hydrogen-bond donors (Lipinski definition) is 1. The molecular formula is C22H25N5O. The van der Waals surface area contributed by atoms with Crippen LogP contribution in [0, 0.1) is 6.92 Å². The van der Waals surface area contributed by atoms with Crippen molar-refractivity contribution in [3.63, 3.8) is 0 Å². The van der Waals surface area contributed by atoms with E-state index in [0.717, 1.165) is 66.9 Å². The van der Waals surface area contributed by atoms with E-state index < -0.39 is 0 Å². The van der Waals surface area contributed by atoms with Crippen LogP contribution in [0.1, 0.15) is 52.0 Å². The molecule has 0 spiro atoms. The Labute approximate surface area is 164 Å². The number of aromatic amines is 1. The molecule has 1 fully saturated rings. The molecule has 1 aromatic carbocycles. The second-order valence-corrected chi connectivity index (χ2v) is 8.02. The van der Waals surface area contributed by atoms with Crippen molar-refractivity contribution in [2.45, 2.75) is 38.8 Å². The third-order valence-electron chi connectivity index (χ3n) is 6.13. The minimum absolute atomic E-state index is 0.0386. The smallest absolute Gasteiger partial charge is 0.271 e. The zero-order valence-electron chi connectivity index (χ0n) is 16.4. The fourth-order valence-corrected chi connectivity index (χ4v) is 4.55. The van der Waals surface area contributed by atoms with Gasteiger partial charge in [-0.15, -0.1) is 0 Å². The second-order valence-electron chi connectivity index (χ2n) is 8.02. The number of hydrogen-bond acceptors (Lipinski definition) is 4. The van der Waals surface area contributed by atoms with Crippen molar-refractivity contribution in [1.82, 2.24) is 24.8 Å². The number of benzene rings is 1. The van der Waals surface area contributed by atoms with Crippen molar-refractivity contribution < 1.29 is 4.79 Å². The molecule has 6 nitrogen and oxygen atoms in total. The first-order valence-electron chi connectivity index (χ1n) is 10.0. The maximum absolute atomic E-state index is 13.4. The highest BCUT2D eigenvalue weighted by molar-refractivity contribution is 6.01. The molecule has 28 heavy (non-hydrogen) atoms. The number of nitrogens with zero attached hydrogens (tertiary/aromatic N) is 4. The predicted molar refractivity (Wildman–Crippen MR) is 108 cm³/mol. The number of likely N-dealkylation sites (tertiary alicyclic amines) is 1. The Bertz CT molecular complexity index is 1060. The van der Waals surface area contributed by atoms with E-state index in [9.17, 15) is 4.79 Å². The van der Waals surface area contributed by atoms with E-state index in [-0.39, 0.29) is 11.9 Å². The van der Waals surface area contributed by atoms with Crippen LogP contribution in [0.5, 0.6) is 0 Å². The van der Waals surface area contributed by atoms with E-state index >= 15 is 0 Å². The summed E-state index contributed by atoms with van der Waals surface area (Å²) in [5, 5.41) is 1.11. The summed E-state index contributed by atoms with van der Waals surface area (Å²) in [6.07, 6.45) is 4.81. The SMILES string of the molecule is Cc1c(C(=O)N2CCC[C@H]2c2ncc3c(n2)CCN(C)C3)[nH]c2ccccc12. The Morgan fingerprint density at radius 2 is 2.11 bits per heavy atom. The van der Waals surface area contributed by atoms with Crippen LogP contribution < -0.4 is 0 Å². The van der Waals surface area contributed by atoms with E-state index in [0.29, 0.717) is 5.69 Å². The van der Waals surface area contributed by atoms with E-state index in [4.69, 9.17) is 4.98 Å². The Kier molecular flexibility index (Phi) is 4.16. The molecule has 3 aromatic rings. The average Bonchev–Trinajstić information content (AvgIpc) is 3.32. The number of carbonyl (C=O) groups is 1. The third-order valence-corrected chi connectivity index (χ3v) is 6.13. The lowest BCUT2D eigenvalue weighted by molar-refractivity contribution is 0.0723. The van der Waals surface area contributed by atoms with Crippen molar-refractivity contribution in [3.8, 4) is 0 Å². The van der Waals surface area contributed by atoms with E-state index in [1.54, 1.807) is 0 Å². The minimum Gasteiger partial charge on any atom is -0.350 e. The minimum atomic E-state index is -0.0386. The zero-order valence-corrected chi connectivity index (χ0v) is 16.4. The summed E-state index contributed by atoms with van der Waals surface area (Å²) in [6.45, 7) is 4.69. The number of nitrogens with one attached hydrogen (secondary N) is 1. The first-order valence-corrected chi connectivity index (χ1v) is 10.0. The normalized spacial score (nSPS) is 19.9. The fraction of sp³-hybridized carbons (Fsp3) is 0.409. The van der Waals surface area contributed by atoms with Crippen molar-refractivity contribution in [1.29, 1.82) is 0 Å². The van der Waals surface area contributed by atoms with Crippen LogP contribution in [0.2, 0.25) is 0 Å². The molecule has 0 bridgehead atoms. The molecule has 1 amide bonds. The maximum Gasteiger partial charge on any atom is 0.271 e. The second kappa shape index (κ2) is 6.71. The van der Waals surface area contributed by atoms with Crippen molar-refractivity contribution in [2.24, 2.45) is 0 Å². The third kappa shape index (κ3) is 2.79. The summed E-state index contributed by atoms with van der Waals surface area (Å²) in [4.78, 5) is 30.5. The molecule has 2 aliphatic rings. The summed E-state index contributed by atoms with van der Waals surface area (Å²) in [5.74, 6) is 0.847. The predicted octanol–water partition coefficient (Wildman–Crippen LogP) is 3.23. The van der Waals surface area contributed by atoms with Gasteiger partial charge in [0.25, 0.3) is 5.91 Å². The number of aromatic nitrogens is 3. The molecule has 5 rings (SSSR count). The quantitative estimate of drug-likeness (QED) is 0.747. The van der Waals surface area contributed by atoms with Gasteiger partial charge < -0.3 is 14.8 Å². The highest BCUT2D eigenvalue weighted by Crippen LogP contribution is 2.33. The van der Waals surface area contributed by atoms with Crippen LogP contribution in [0.25, 0.3) is 10.9 Å². The summed E-state index contributed by atoms with van der Waals surface area (Å²) in [7, 11) is 2.12. The molecule has 0 saturated carbocycles. The van der Waals surface area contributed by atoms with Crippen molar-refractivity contribution in [2.75, 3.05) is 20.1 Å². The van der Waals surface area contributed by atoms with Gasteiger partial charge in [-0.05, 0) is 38.4 Å². The molecular weight excluding hydrogens is 350 g/mol. The first kappa shape index (κ1) is 17.4. The van der Waals surface area contributed by atoms with Crippen LogP contribution in [-0.2, 0) is 13.0 Å². The van der Waals surface area contributed by atoms with E-state index in [2.05, 4.69) is 28.0 Å². The van der Waals surface area contributed by atoms with Gasteiger partial charge in [0, 0.05) is 54.4 Å². The molecule has 144 valence electrons. The molecule has 1 atom stereocenters. The summed E-state index contributed by atoms with van der Waals surface area (Å²) in [6, 6.07) is 8.04. The van der Waals surface area contributed by atoms with Gasteiger partial charge in [0.15, 0.2) is 5.82 Å². The lowest BCUT2D eigenvalue weighted by Gasteiger charge is -2.27. The lowest BCUT2D eigenvalue weighted by atomic mass is 10.1. The molecule has 6 heteroatoms. The van der Waals surface area contributed by atoms with E-state index in [1.807, 2.05) is 36.2 Å². The summed E-state index contributed by atoms with van der Waals surface area (Å²) < 4.78 is 0. The van der Waals surface area contributed by atoms with Gasteiger partial charge in [0.05, 0.1) is 6.04 Å². The molecule has 0 aliphatic carbocycles. The first-order chi connectivity index (χ1) is 13.6. The Hall–Kier alpha value is -2.73. The molecule has 4 heterocycles. The fourth-order valence-electron chi connectivity index (χ4n) is 4.55. The summed E-state index contributed by atoms with van der Waals surface area (Å²) >= 11 is 0. The number of likely N-dealkylation sites (N-methyl/N-ethyl adjacent to an activating group) is 1. The number of carbonyl (C=O) groups excluding carboxylic acids is 1. The van der Waals surface area contributed by atoms with Gasteiger partial charge >= 0.3 is 0 Å². The molecule has 1 N–H and O–H groups in total. The van der Waals surface area contributed by atoms with Gasteiger partial charge in [-0.1, -0.05) is 18.2 Å². The molecule has 2 aromatic heterocycles. The Balaban J connectivity index is 1.47. The Morgan fingerprint density at radius 3 is 2.96 bits per heavy atom. The highest BCUT2D eigenvalue weighted by atomic mass is 16.2. The van der Waals surface area contributed by atoms with Crippen LogP contribution in [0.4, 0.5) is 0 Å². The van der Waals surface area contributed by atoms with Gasteiger partial charge in [-0.2, -0.15) is 0 Å². The largest absolute Gasteiger partial charge is 0.350 e. The van der Waals surface area contributed by atoms with Crippen LogP contribution >= 0.6 is 0 Å². The van der Waals surface area contributed by atoms with Crippen molar-refractivity contribution in [3.05, 3.63) is 58.8 Å². The maximum atomic E-state index is 13.4. The zero-order chi connectivity index (χ0) is 19.3.